The summed E-state index contributed by atoms with van der Waals surface area (Å²) in [5.74, 6) is 0.579. The second kappa shape index (κ2) is 5.02. The molecule has 0 saturated carbocycles. The van der Waals surface area contributed by atoms with Crippen LogP contribution >= 0.6 is 27.5 Å². The quantitative estimate of drug-likeness (QED) is 0.865. The van der Waals surface area contributed by atoms with Crippen molar-refractivity contribution in [2.24, 2.45) is 0 Å². The van der Waals surface area contributed by atoms with Crippen LogP contribution in [0.1, 0.15) is 12.0 Å². The van der Waals surface area contributed by atoms with E-state index in [-0.39, 0.29) is 5.56 Å². The van der Waals surface area contributed by atoms with Gasteiger partial charge in [-0.2, -0.15) is 0 Å². The maximum Gasteiger partial charge on any atom is 0.251 e. The van der Waals surface area contributed by atoms with Crippen molar-refractivity contribution in [3.8, 4) is 0 Å². The largest absolute Gasteiger partial charge is 0.322 e. The lowest BCUT2D eigenvalue weighted by molar-refractivity contribution is 0.912. The van der Waals surface area contributed by atoms with Gasteiger partial charge in [0.05, 0.1) is 0 Å². The third-order valence-electron chi connectivity index (χ3n) is 2.46. The van der Waals surface area contributed by atoms with Crippen molar-refractivity contribution in [2.45, 2.75) is 12.8 Å². The fraction of sp³-hybridized carbons (Fsp3) is 0.250. The van der Waals surface area contributed by atoms with Crippen LogP contribution < -0.4 is 5.56 Å². The molecule has 1 N–H and O–H groups in total. The summed E-state index contributed by atoms with van der Waals surface area (Å²) >= 11 is 9.04. The maximum absolute atomic E-state index is 11.7. The Morgan fingerprint density at radius 2 is 2.12 bits per heavy atom. The summed E-state index contributed by atoms with van der Waals surface area (Å²) in [7, 11) is 0. The molecule has 4 heteroatoms. The molecular weight excluding hydrogens is 289 g/mol. The molecule has 1 aromatic carbocycles. The minimum Gasteiger partial charge on any atom is -0.322 e. The highest BCUT2D eigenvalue weighted by molar-refractivity contribution is 9.10. The van der Waals surface area contributed by atoms with E-state index in [1.165, 1.54) is 0 Å². The standard InChI is InChI=1S/C12H11BrClNO/c13-10-3-4-11-9(7-10)6-8(2-1-5-14)12(16)15-11/h3-4,6-7H,1-2,5H2,(H,15,16). The molecule has 0 spiro atoms. The minimum absolute atomic E-state index is 0.0139. The number of hydrogen-bond acceptors (Lipinski definition) is 1. The average molecular weight is 301 g/mol. The van der Waals surface area contributed by atoms with Gasteiger partial charge in [0, 0.05) is 21.4 Å². The first-order valence-corrected chi connectivity index (χ1v) is 6.41. The molecule has 2 nitrogen and oxygen atoms in total. The number of rotatable bonds is 3. The van der Waals surface area contributed by atoms with Gasteiger partial charge in [-0.15, -0.1) is 11.6 Å². The van der Waals surface area contributed by atoms with E-state index in [0.717, 1.165) is 33.8 Å². The third kappa shape index (κ3) is 2.47. The first kappa shape index (κ1) is 11.7. The first-order chi connectivity index (χ1) is 7.70. The van der Waals surface area contributed by atoms with Crippen LogP contribution in [-0.4, -0.2) is 10.9 Å². The van der Waals surface area contributed by atoms with Gasteiger partial charge in [-0.25, -0.2) is 0 Å². The zero-order valence-electron chi connectivity index (χ0n) is 8.59. The minimum atomic E-state index is -0.0139. The van der Waals surface area contributed by atoms with Gasteiger partial charge in [-0.3, -0.25) is 4.79 Å². The van der Waals surface area contributed by atoms with Crippen molar-refractivity contribution in [3.05, 3.63) is 44.7 Å². The van der Waals surface area contributed by atoms with Gasteiger partial charge >= 0.3 is 0 Å². The van der Waals surface area contributed by atoms with Gasteiger partial charge in [0.25, 0.3) is 5.56 Å². The third-order valence-corrected chi connectivity index (χ3v) is 3.22. The van der Waals surface area contributed by atoms with E-state index in [4.69, 9.17) is 11.6 Å². The van der Waals surface area contributed by atoms with E-state index in [1.807, 2.05) is 24.3 Å². The smallest absolute Gasteiger partial charge is 0.251 e. The zero-order valence-corrected chi connectivity index (χ0v) is 10.9. The molecular formula is C12H11BrClNO. The molecule has 16 heavy (non-hydrogen) atoms. The second-order valence-corrected chi connectivity index (χ2v) is 4.94. The number of nitrogens with one attached hydrogen (secondary N) is 1. The number of benzene rings is 1. The van der Waals surface area contributed by atoms with E-state index < -0.39 is 0 Å². The van der Waals surface area contributed by atoms with Gasteiger partial charge in [-0.1, -0.05) is 15.9 Å². The van der Waals surface area contributed by atoms with Gasteiger partial charge in [0.2, 0.25) is 0 Å². The van der Waals surface area contributed by atoms with Gasteiger partial charge < -0.3 is 4.98 Å². The highest BCUT2D eigenvalue weighted by atomic mass is 79.9. The number of pyridine rings is 1. The van der Waals surface area contributed by atoms with Crippen molar-refractivity contribution in [1.29, 1.82) is 0 Å². The first-order valence-electron chi connectivity index (χ1n) is 5.08. The average Bonchev–Trinajstić information content (AvgIpc) is 2.27. The number of H-pyrrole nitrogens is 1. The Hall–Kier alpha value is -0.800. The number of aryl methyl sites for hydroxylation is 1. The summed E-state index contributed by atoms with van der Waals surface area (Å²) in [5.41, 5.74) is 1.65. The van der Waals surface area contributed by atoms with Crippen molar-refractivity contribution < 1.29 is 0 Å². The molecule has 0 amide bonds. The lowest BCUT2D eigenvalue weighted by Crippen LogP contribution is -2.12. The summed E-state index contributed by atoms with van der Waals surface area (Å²) in [6.45, 7) is 0. The van der Waals surface area contributed by atoms with Crippen molar-refractivity contribution in [1.82, 2.24) is 4.98 Å². The Morgan fingerprint density at radius 3 is 2.88 bits per heavy atom. The van der Waals surface area contributed by atoms with E-state index in [2.05, 4.69) is 20.9 Å². The summed E-state index contributed by atoms with van der Waals surface area (Å²) < 4.78 is 1.01. The number of fused-ring (bicyclic) bond motifs is 1. The predicted molar refractivity (Wildman–Crippen MR) is 71.3 cm³/mol. The van der Waals surface area contributed by atoms with Crippen LogP contribution in [0.4, 0.5) is 0 Å². The molecule has 2 rings (SSSR count). The normalized spacial score (nSPS) is 10.9. The molecule has 0 aliphatic heterocycles. The number of aromatic amines is 1. The molecule has 84 valence electrons. The van der Waals surface area contributed by atoms with Crippen LogP contribution in [0.2, 0.25) is 0 Å². The summed E-state index contributed by atoms with van der Waals surface area (Å²) in [5, 5.41) is 1.04. The Kier molecular flexibility index (Phi) is 3.66. The van der Waals surface area contributed by atoms with E-state index in [1.54, 1.807) is 0 Å². The number of hydrogen-bond donors (Lipinski definition) is 1. The molecule has 0 atom stereocenters. The van der Waals surface area contributed by atoms with E-state index >= 15 is 0 Å². The summed E-state index contributed by atoms with van der Waals surface area (Å²) in [6, 6.07) is 7.74. The topological polar surface area (TPSA) is 32.9 Å². The SMILES string of the molecule is O=c1[nH]c2ccc(Br)cc2cc1CCCCl. The van der Waals surface area contributed by atoms with Crippen LogP contribution in [-0.2, 0) is 6.42 Å². The number of aromatic nitrogens is 1. The van der Waals surface area contributed by atoms with Gasteiger partial charge in [0.1, 0.15) is 0 Å². The molecule has 0 bridgehead atoms. The molecule has 0 radical (unpaired) electrons. The molecule has 0 saturated heterocycles. The van der Waals surface area contributed by atoms with Gasteiger partial charge in [-0.05, 0) is 42.5 Å². The van der Waals surface area contributed by atoms with Crippen molar-refractivity contribution in [2.75, 3.05) is 5.88 Å². The van der Waals surface area contributed by atoms with Crippen LogP contribution in [0.15, 0.2) is 33.5 Å². The van der Waals surface area contributed by atoms with Crippen LogP contribution in [0.3, 0.4) is 0 Å². The second-order valence-electron chi connectivity index (χ2n) is 3.65. The lowest BCUT2D eigenvalue weighted by Gasteiger charge is -2.02. The number of alkyl halides is 1. The molecule has 1 aromatic heterocycles. The van der Waals surface area contributed by atoms with Crippen molar-refractivity contribution >= 4 is 38.4 Å². The summed E-state index contributed by atoms with van der Waals surface area (Å²) in [6.07, 6.45) is 1.55. The van der Waals surface area contributed by atoms with Crippen LogP contribution in [0.25, 0.3) is 10.9 Å². The highest BCUT2D eigenvalue weighted by Gasteiger charge is 2.02. The highest BCUT2D eigenvalue weighted by Crippen LogP contribution is 2.18. The Balaban J connectivity index is 2.51. The molecule has 2 aromatic rings. The Morgan fingerprint density at radius 1 is 1.31 bits per heavy atom. The lowest BCUT2D eigenvalue weighted by atomic mass is 10.1. The van der Waals surface area contributed by atoms with Crippen LogP contribution in [0, 0.1) is 0 Å². The van der Waals surface area contributed by atoms with E-state index in [0.29, 0.717) is 5.88 Å². The van der Waals surface area contributed by atoms with Gasteiger partial charge in [0.15, 0.2) is 0 Å². The number of halogens is 2. The monoisotopic (exact) mass is 299 g/mol. The predicted octanol–water partition coefficient (Wildman–Crippen LogP) is 3.46. The molecule has 0 aliphatic carbocycles. The zero-order chi connectivity index (χ0) is 11.5. The fourth-order valence-electron chi connectivity index (χ4n) is 1.67. The van der Waals surface area contributed by atoms with Crippen molar-refractivity contribution in [3.63, 3.8) is 0 Å². The molecule has 0 aliphatic rings. The molecule has 0 unspecified atom stereocenters. The Labute approximate surface area is 107 Å². The molecule has 0 fully saturated rings. The maximum atomic E-state index is 11.7. The Bertz CT molecular complexity index is 564. The fourth-order valence-corrected chi connectivity index (χ4v) is 2.18. The van der Waals surface area contributed by atoms with Crippen LogP contribution in [0.5, 0.6) is 0 Å². The summed E-state index contributed by atoms with van der Waals surface area (Å²) in [4.78, 5) is 14.6. The van der Waals surface area contributed by atoms with E-state index in [9.17, 15) is 4.79 Å². The molecule has 1 heterocycles.